The standard InChI is InChI=1S/C17H28N9O4P/c1-5-11-8-26(31(28,29-4)22-17-23(2)6-7-24(17)3)12(9-30-11)25-10-19-13-14(25)20-16(18)21-15(13)27/h10-12H,5-9H2,1-4H3,(H3,18,20,21,27)/t11-,12?,31?/m1/s1. The first-order chi connectivity index (χ1) is 14.8. The van der Waals surface area contributed by atoms with Crippen LogP contribution >= 0.6 is 7.67 Å². The van der Waals surface area contributed by atoms with Crippen molar-refractivity contribution in [2.45, 2.75) is 25.6 Å². The van der Waals surface area contributed by atoms with E-state index in [2.05, 4.69) is 19.7 Å². The number of hydrogen-bond acceptors (Lipinski definition) is 7. The van der Waals surface area contributed by atoms with Gasteiger partial charge in [-0.25, -0.2) is 9.55 Å². The van der Waals surface area contributed by atoms with Gasteiger partial charge in [0.2, 0.25) is 11.9 Å². The summed E-state index contributed by atoms with van der Waals surface area (Å²) in [7, 11) is 1.50. The van der Waals surface area contributed by atoms with Gasteiger partial charge in [0.15, 0.2) is 11.2 Å². The molecule has 0 bridgehead atoms. The van der Waals surface area contributed by atoms with Gasteiger partial charge < -0.3 is 24.8 Å². The molecular formula is C17H28N9O4P. The second kappa shape index (κ2) is 8.23. The monoisotopic (exact) mass is 453 g/mol. The van der Waals surface area contributed by atoms with Crippen molar-refractivity contribution in [1.82, 2.24) is 34.0 Å². The van der Waals surface area contributed by atoms with Crippen molar-refractivity contribution in [2.75, 3.05) is 53.2 Å². The normalized spacial score (nSPS) is 24.7. The van der Waals surface area contributed by atoms with Crippen LogP contribution in [0.15, 0.2) is 15.9 Å². The number of guanidine groups is 1. The Balaban J connectivity index is 1.81. The largest absolute Gasteiger partial charge is 0.394 e. The molecule has 4 rings (SSSR count). The average Bonchev–Trinajstić information content (AvgIpc) is 3.31. The number of aromatic nitrogens is 4. The number of fused-ring (bicyclic) bond motifs is 1. The number of nitrogens with two attached hydrogens (primary N) is 1. The van der Waals surface area contributed by atoms with E-state index in [0.29, 0.717) is 12.5 Å². The summed E-state index contributed by atoms with van der Waals surface area (Å²) in [5.41, 5.74) is 5.72. The summed E-state index contributed by atoms with van der Waals surface area (Å²) in [6, 6.07) is 0. The molecule has 4 heterocycles. The lowest BCUT2D eigenvalue weighted by Crippen LogP contribution is -2.45. The van der Waals surface area contributed by atoms with Crippen molar-refractivity contribution in [1.29, 1.82) is 0 Å². The number of rotatable bonds is 5. The molecule has 14 heteroatoms. The van der Waals surface area contributed by atoms with Crippen LogP contribution in [-0.2, 0) is 13.8 Å². The lowest BCUT2D eigenvalue weighted by molar-refractivity contribution is -0.0589. The van der Waals surface area contributed by atoms with E-state index < -0.39 is 19.4 Å². The highest BCUT2D eigenvalue weighted by molar-refractivity contribution is 7.55. The number of likely N-dealkylation sites (N-methyl/N-ethyl adjacent to an activating group) is 2. The van der Waals surface area contributed by atoms with Crippen LogP contribution in [-0.4, -0.2) is 93.5 Å². The van der Waals surface area contributed by atoms with Crippen LogP contribution in [0.2, 0.25) is 0 Å². The van der Waals surface area contributed by atoms with Crippen LogP contribution < -0.4 is 11.3 Å². The summed E-state index contributed by atoms with van der Waals surface area (Å²) in [6.45, 7) is 4.08. The van der Waals surface area contributed by atoms with E-state index in [-0.39, 0.29) is 29.8 Å². The number of anilines is 1. The van der Waals surface area contributed by atoms with Gasteiger partial charge in [-0.15, -0.1) is 0 Å². The van der Waals surface area contributed by atoms with Crippen LogP contribution in [0.3, 0.4) is 0 Å². The first-order valence-corrected chi connectivity index (χ1v) is 11.6. The Kier molecular flexibility index (Phi) is 5.77. The number of hydrogen-bond donors (Lipinski definition) is 2. The molecule has 3 N–H and O–H groups in total. The second-order valence-corrected chi connectivity index (χ2v) is 9.72. The highest BCUT2D eigenvalue weighted by atomic mass is 31.2. The van der Waals surface area contributed by atoms with E-state index in [1.807, 2.05) is 30.8 Å². The second-order valence-electron chi connectivity index (χ2n) is 7.66. The molecule has 170 valence electrons. The van der Waals surface area contributed by atoms with Crippen LogP contribution in [0.1, 0.15) is 19.5 Å². The summed E-state index contributed by atoms with van der Waals surface area (Å²) in [6.07, 6.45) is 1.46. The van der Waals surface area contributed by atoms with Crippen molar-refractivity contribution >= 4 is 30.7 Å². The molecule has 2 aliphatic heterocycles. The molecule has 2 aliphatic rings. The quantitative estimate of drug-likeness (QED) is 0.606. The molecule has 0 spiro atoms. The molecular weight excluding hydrogens is 425 g/mol. The van der Waals surface area contributed by atoms with Crippen molar-refractivity contribution in [3.63, 3.8) is 0 Å². The molecule has 13 nitrogen and oxygen atoms in total. The van der Waals surface area contributed by atoms with Crippen molar-refractivity contribution in [3.8, 4) is 0 Å². The van der Waals surface area contributed by atoms with Crippen molar-refractivity contribution in [3.05, 3.63) is 16.7 Å². The fourth-order valence-corrected chi connectivity index (χ4v) is 5.70. The number of H-pyrrole nitrogens is 1. The van der Waals surface area contributed by atoms with E-state index in [1.54, 1.807) is 9.24 Å². The predicted molar refractivity (Wildman–Crippen MR) is 116 cm³/mol. The molecule has 2 saturated heterocycles. The van der Waals surface area contributed by atoms with Crippen LogP contribution in [0.25, 0.3) is 11.2 Å². The summed E-state index contributed by atoms with van der Waals surface area (Å²) in [4.78, 5) is 26.9. The number of imidazole rings is 1. The Morgan fingerprint density at radius 1 is 1.39 bits per heavy atom. The summed E-state index contributed by atoms with van der Waals surface area (Å²) < 4.78 is 33.5. The zero-order valence-electron chi connectivity index (χ0n) is 18.1. The molecule has 0 saturated carbocycles. The SMILES string of the molecule is CC[C@@H]1CN(P(=O)(N=C2N(C)CCN2C)OC)C(n2cnc3c(=O)[nH]c(N)nc32)CO1. The Morgan fingerprint density at radius 2 is 2.10 bits per heavy atom. The highest BCUT2D eigenvalue weighted by Gasteiger charge is 2.44. The van der Waals surface area contributed by atoms with Gasteiger partial charge in [0.05, 0.1) is 19.0 Å². The van der Waals surface area contributed by atoms with Crippen LogP contribution in [0.4, 0.5) is 5.95 Å². The number of morpholine rings is 1. The third-order valence-electron chi connectivity index (χ3n) is 5.67. The van der Waals surface area contributed by atoms with E-state index >= 15 is 0 Å². The first-order valence-electron chi connectivity index (χ1n) is 10.1. The fourth-order valence-electron chi connectivity index (χ4n) is 3.86. The lowest BCUT2D eigenvalue weighted by atomic mass is 10.2. The number of nitrogens with one attached hydrogen (secondary N) is 1. The molecule has 31 heavy (non-hydrogen) atoms. The van der Waals surface area contributed by atoms with Gasteiger partial charge in [0.1, 0.15) is 6.17 Å². The van der Waals surface area contributed by atoms with E-state index in [0.717, 1.165) is 19.5 Å². The first kappa shape index (κ1) is 21.8. The molecule has 2 fully saturated rings. The maximum absolute atomic E-state index is 14.1. The van der Waals surface area contributed by atoms with Gasteiger partial charge in [-0.3, -0.25) is 14.3 Å². The number of ether oxygens (including phenoxy) is 1. The number of aromatic amines is 1. The van der Waals surface area contributed by atoms with Crippen molar-refractivity contribution < 1.29 is 13.8 Å². The Bertz CT molecular complexity index is 1090. The third kappa shape index (κ3) is 3.82. The van der Waals surface area contributed by atoms with Crippen molar-refractivity contribution in [2.24, 2.45) is 4.76 Å². The summed E-state index contributed by atoms with van der Waals surface area (Å²) >= 11 is 0. The topological polar surface area (TPSA) is 147 Å². The van der Waals surface area contributed by atoms with Gasteiger partial charge >= 0.3 is 7.67 Å². The minimum absolute atomic E-state index is 0.0293. The molecule has 2 aromatic rings. The third-order valence-corrected chi connectivity index (χ3v) is 7.66. The van der Waals surface area contributed by atoms with Gasteiger partial charge in [0.25, 0.3) is 5.56 Å². The Labute approximate surface area is 179 Å². The van der Waals surface area contributed by atoms with Gasteiger partial charge in [0, 0.05) is 40.8 Å². The smallest absolute Gasteiger partial charge is 0.373 e. The van der Waals surface area contributed by atoms with Gasteiger partial charge in [-0.05, 0) is 6.42 Å². The molecule has 0 radical (unpaired) electrons. The molecule has 0 aromatic carbocycles. The predicted octanol–water partition coefficient (Wildman–Crippen LogP) is 0.299. The van der Waals surface area contributed by atoms with Crippen LogP contribution in [0, 0.1) is 0 Å². The average molecular weight is 453 g/mol. The molecule has 0 aliphatic carbocycles. The van der Waals surface area contributed by atoms with Crippen LogP contribution in [0.5, 0.6) is 0 Å². The minimum Gasteiger partial charge on any atom is -0.373 e. The fraction of sp³-hybridized carbons (Fsp3) is 0.647. The molecule has 0 amide bonds. The summed E-state index contributed by atoms with van der Waals surface area (Å²) in [5.74, 6) is 0.566. The van der Waals surface area contributed by atoms with E-state index in [1.165, 1.54) is 13.4 Å². The lowest BCUT2D eigenvalue weighted by Gasteiger charge is -2.41. The number of nitrogen functional groups attached to an aromatic ring is 1. The zero-order valence-corrected chi connectivity index (χ0v) is 19.0. The van der Waals surface area contributed by atoms with E-state index in [9.17, 15) is 9.36 Å². The zero-order chi connectivity index (χ0) is 22.3. The Morgan fingerprint density at radius 3 is 2.74 bits per heavy atom. The Hall–Kier alpha value is -2.47. The molecule has 2 aromatic heterocycles. The molecule has 2 unspecified atom stereocenters. The maximum atomic E-state index is 14.1. The number of nitrogens with zero attached hydrogens (tertiary/aromatic N) is 7. The highest BCUT2D eigenvalue weighted by Crippen LogP contribution is 2.56. The van der Waals surface area contributed by atoms with Gasteiger partial charge in [-0.2, -0.15) is 14.4 Å². The minimum atomic E-state index is -3.68. The van der Waals surface area contributed by atoms with Gasteiger partial charge in [-0.1, -0.05) is 6.92 Å². The molecule has 3 atom stereocenters. The van der Waals surface area contributed by atoms with E-state index in [4.69, 9.17) is 15.0 Å². The maximum Gasteiger partial charge on any atom is 0.394 e. The summed E-state index contributed by atoms with van der Waals surface area (Å²) in [5, 5.41) is 0.